The maximum absolute atomic E-state index is 12.1. The first-order valence-corrected chi connectivity index (χ1v) is 7.12. The topological polar surface area (TPSA) is 29.5 Å². The Balaban J connectivity index is 1.92. The third kappa shape index (κ3) is 3.50. The van der Waals surface area contributed by atoms with Crippen LogP contribution in [0.4, 0.5) is 4.79 Å². The molecule has 0 aromatic heterocycles. The Kier molecular flexibility index (Phi) is 3.98. The summed E-state index contributed by atoms with van der Waals surface area (Å²) in [7, 11) is 0. The molecular weight excluding hydrogens is 226 g/mol. The molecule has 2 aliphatic rings. The summed E-state index contributed by atoms with van der Waals surface area (Å²) in [4.78, 5) is 13.9. The zero-order chi connectivity index (χ0) is 13.2. The van der Waals surface area contributed by atoms with Crippen molar-refractivity contribution in [3.8, 4) is 0 Å². The van der Waals surface area contributed by atoms with Gasteiger partial charge in [0, 0.05) is 13.1 Å². The fourth-order valence-electron chi connectivity index (χ4n) is 2.84. The van der Waals surface area contributed by atoms with Crippen LogP contribution < -0.4 is 0 Å². The summed E-state index contributed by atoms with van der Waals surface area (Å²) in [6.45, 7) is 7.33. The Bertz CT molecular complexity index is 335. The quantitative estimate of drug-likeness (QED) is 0.664. The third-order valence-corrected chi connectivity index (χ3v) is 3.71. The van der Waals surface area contributed by atoms with Gasteiger partial charge in [-0.05, 0) is 46.0 Å². The van der Waals surface area contributed by atoms with Gasteiger partial charge in [0.1, 0.15) is 5.60 Å². The molecule has 0 aromatic rings. The van der Waals surface area contributed by atoms with Crippen LogP contribution in [0.2, 0.25) is 0 Å². The van der Waals surface area contributed by atoms with E-state index in [1.54, 1.807) is 0 Å². The van der Waals surface area contributed by atoms with Crippen LogP contribution in [0.1, 0.15) is 52.9 Å². The molecule has 3 heteroatoms. The molecule has 0 bridgehead atoms. The normalized spacial score (nSPS) is 21.9. The van der Waals surface area contributed by atoms with Crippen LogP contribution in [0.3, 0.4) is 0 Å². The predicted octanol–water partition coefficient (Wildman–Crippen LogP) is 3.74. The molecule has 102 valence electrons. The molecule has 0 atom stereocenters. The minimum Gasteiger partial charge on any atom is -0.444 e. The molecule has 0 spiro atoms. The Morgan fingerprint density at radius 1 is 1.33 bits per heavy atom. The number of amides is 1. The van der Waals surface area contributed by atoms with Gasteiger partial charge < -0.3 is 9.64 Å². The lowest BCUT2D eigenvalue weighted by Gasteiger charge is -2.32. The van der Waals surface area contributed by atoms with E-state index in [2.05, 4.69) is 6.08 Å². The first-order valence-electron chi connectivity index (χ1n) is 7.12. The molecule has 1 heterocycles. The smallest absolute Gasteiger partial charge is 0.410 e. The molecule has 18 heavy (non-hydrogen) atoms. The molecule has 1 aliphatic carbocycles. The van der Waals surface area contributed by atoms with Crippen LogP contribution >= 0.6 is 0 Å². The Morgan fingerprint density at radius 3 is 2.61 bits per heavy atom. The van der Waals surface area contributed by atoms with E-state index in [0.29, 0.717) is 0 Å². The van der Waals surface area contributed by atoms with E-state index >= 15 is 0 Å². The zero-order valence-corrected chi connectivity index (χ0v) is 11.9. The first kappa shape index (κ1) is 13.4. The summed E-state index contributed by atoms with van der Waals surface area (Å²) in [5.74, 6) is 0.718. The van der Waals surface area contributed by atoms with E-state index in [1.165, 1.54) is 31.3 Å². The Hall–Kier alpha value is -0.990. The summed E-state index contributed by atoms with van der Waals surface area (Å²) < 4.78 is 5.45. The van der Waals surface area contributed by atoms with Gasteiger partial charge in [0.25, 0.3) is 0 Å². The third-order valence-electron chi connectivity index (χ3n) is 3.71. The summed E-state index contributed by atoms with van der Waals surface area (Å²) in [5.41, 5.74) is 1.07. The van der Waals surface area contributed by atoms with Crippen molar-refractivity contribution >= 4 is 6.09 Å². The number of carbonyl (C=O) groups is 1. The molecule has 0 N–H and O–H groups in total. The van der Waals surface area contributed by atoms with E-state index in [-0.39, 0.29) is 6.09 Å². The highest BCUT2D eigenvalue weighted by Crippen LogP contribution is 2.33. The van der Waals surface area contributed by atoms with E-state index in [4.69, 9.17) is 4.74 Å². The van der Waals surface area contributed by atoms with Crippen LogP contribution in [0, 0.1) is 5.92 Å². The Labute approximate surface area is 110 Å². The van der Waals surface area contributed by atoms with Crippen LogP contribution in [-0.4, -0.2) is 29.7 Å². The molecule has 1 amide bonds. The van der Waals surface area contributed by atoms with Crippen molar-refractivity contribution in [3.63, 3.8) is 0 Å². The second kappa shape index (κ2) is 5.33. The largest absolute Gasteiger partial charge is 0.444 e. The number of carbonyl (C=O) groups excluding carboxylic acids is 1. The zero-order valence-electron chi connectivity index (χ0n) is 11.9. The first-order chi connectivity index (χ1) is 8.46. The number of nitrogens with zero attached hydrogens (tertiary/aromatic N) is 1. The van der Waals surface area contributed by atoms with Gasteiger partial charge in [-0.25, -0.2) is 4.79 Å². The van der Waals surface area contributed by atoms with Gasteiger partial charge in [-0.2, -0.15) is 0 Å². The van der Waals surface area contributed by atoms with Gasteiger partial charge >= 0.3 is 6.09 Å². The highest BCUT2D eigenvalue weighted by Gasteiger charge is 2.28. The van der Waals surface area contributed by atoms with Gasteiger partial charge in [-0.15, -0.1) is 0 Å². The van der Waals surface area contributed by atoms with Crippen molar-refractivity contribution in [1.29, 1.82) is 0 Å². The lowest BCUT2D eigenvalue weighted by molar-refractivity contribution is 0.0257. The standard InChI is InChI=1S/C15H25NO2/c1-15(2,3)18-14(17)16-10-6-9-13(11-16)12-7-4-5-8-12/h9,12H,4-8,10-11H2,1-3H3. The molecule has 1 saturated carbocycles. The lowest BCUT2D eigenvalue weighted by Crippen LogP contribution is -2.40. The van der Waals surface area contributed by atoms with E-state index in [0.717, 1.165) is 25.4 Å². The van der Waals surface area contributed by atoms with Gasteiger partial charge in [0.2, 0.25) is 0 Å². The molecule has 1 fully saturated rings. The van der Waals surface area contributed by atoms with E-state index in [1.807, 2.05) is 25.7 Å². The average molecular weight is 251 g/mol. The van der Waals surface area contributed by atoms with Gasteiger partial charge in [-0.3, -0.25) is 0 Å². The van der Waals surface area contributed by atoms with Gasteiger partial charge in [0.05, 0.1) is 0 Å². The molecule has 0 aromatic carbocycles. The fraction of sp³-hybridized carbons (Fsp3) is 0.800. The molecular formula is C15H25NO2. The molecule has 3 nitrogen and oxygen atoms in total. The summed E-state index contributed by atoms with van der Waals surface area (Å²) in [6.07, 6.45) is 8.44. The predicted molar refractivity (Wildman–Crippen MR) is 72.5 cm³/mol. The second-order valence-corrected chi connectivity index (χ2v) is 6.45. The van der Waals surface area contributed by atoms with Crippen molar-refractivity contribution in [2.45, 2.75) is 58.5 Å². The van der Waals surface area contributed by atoms with Crippen LogP contribution in [0.15, 0.2) is 11.6 Å². The summed E-state index contributed by atoms with van der Waals surface area (Å²) in [5, 5.41) is 0. The van der Waals surface area contributed by atoms with Crippen LogP contribution in [0.25, 0.3) is 0 Å². The van der Waals surface area contributed by atoms with Crippen LogP contribution in [0.5, 0.6) is 0 Å². The van der Waals surface area contributed by atoms with Crippen molar-refractivity contribution < 1.29 is 9.53 Å². The maximum atomic E-state index is 12.1. The minimum atomic E-state index is -0.397. The number of rotatable bonds is 1. The van der Waals surface area contributed by atoms with Crippen molar-refractivity contribution in [2.24, 2.45) is 5.92 Å². The SMILES string of the molecule is CC(C)(C)OC(=O)N1CCC=C(C2CCCC2)C1. The summed E-state index contributed by atoms with van der Waals surface area (Å²) >= 11 is 0. The maximum Gasteiger partial charge on any atom is 0.410 e. The molecule has 0 radical (unpaired) electrons. The van der Waals surface area contributed by atoms with E-state index < -0.39 is 5.60 Å². The number of ether oxygens (including phenoxy) is 1. The average Bonchev–Trinajstić information content (AvgIpc) is 2.80. The lowest BCUT2D eigenvalue weighted by atomic mass is 9.94. The van der Waals surface area contributed by atoms with Gasteiger partial charge in [0.15, 0.2) is 0 Å². The molecule has 0 saturated heterocycles. The highest BCUT2D eigenvalue weighted by molar-refractivity contribution is 5.68. The van der Waals surface area contributed by atoms with Gasteiger partial charge in [-0.1, -0.05) is 24.5 Å². The number of hydrogen-bond acceptors (Lipinski definition) is 2. The van der Waals surface area contributed by atoms with Crippen molar-refractivity contribution in [1.82, 2.24) is 4.90 Å². The number of hydrogen-bond donors (Lipinski definition) is 0. The van der Waals surface area contributed by atoms with Crippen molar-refractivity contribution in [2.75, 3.05) is 13.1 Å². The Morgan fingerprint density at radius 2 is 2.00 bits per heavy atom. The minimum absolute atomic E-state index is 0.161. The fourth-order valence-corrected chi connectivity index (χ4v) is 2.84. The molecule has 0 unspecified atom stereocenters. The highest BCUT2D eigenvalue weighted by atomic mass is 16.6. The van der Waals surface area contributed by atoms with Crippen molar-refractivity contribution in [3.05, 3.63) is 11.6 Å². The second-order valence-electron chi connectivity index (χ2n) is 6.45. The van der Waals surface area contributed by atoms with E-state index in [9.17, 15) is 4.79 Å². The monoisotopic (exact) mass is 251 g/mol. The summed E-state index contributed by atoms with van der Waals surface area (Å²) in [6, 6.07) is 0. The molecule has 1 aliphatic heterocycles. The molecule has 2 rings (SSSR count). The van der Waals surface area contributed by atoms with Crippen LogP contribution in [-0.2, 0) is 4.74 Å².